The maximum Gasteiger partial charge on any atom is 0.393 e. The van der Waals surface area contributed by atoms with Crippen molar-refractivity contribution in [1.29, 1.82) is 0 Å². The molecular formula is C15H20ClF3N2O. The van der Waals surface area contributed by atoms with Crippen molar-refractivity contribution in [2.24, 2.45) is 11.7 Å². The molecule has 3 nitrogen and oxygen atoms in total. The molecule has 2 unspecified atom stereocenters. The molecule has 1 aromatic carbocycles. The van der Waals surface area contributed by atoms with E-state index < -0.39 is 18.0 Å². The van der Waals surface area contributed by atoms with Crippen LogP contribution in [0.15, 0.2) is 30.3 Å². The maximum absolute atomic E-state index is 12.8. The fourth-order valence-electron chi connectivity index (χ4n) is 2.73. The number of carbonyl (C=O) groups is 1. The molecule has 1 saturated heterocycles. The molecule has 0 saturated carbocycles. The maximum atomic E-state index is 12.8. The van der Waals surface area contributed by atoms with Crippen molar-refractivity contribution in [3.05, 3.63) is 35.9 Å². The van der Waals surface area contributed by atoms with E-state index in [9.17, 15) is 18.0 Å². The van der Waals surface area contributed by atoms with E-state index in [2.05, 4.69) is 0 Å². The van der Waals surface area contributed by atoms with Crippen molar-refractivity contribution in [2.75, 3.05) is 19.6 Å². The van der Waals surface area contributed by atoms with E-state index in [1.165, 1.54) is 4.90 Å². The number of halogens is 4. The first kappa shape index (κ1) is 18.8. The molecule has 1 heterocycles. The first-order valence-electron chi connectivity index (χ1n) is 7.04. The van der Waals surface area contributed by atoms with Gasteiger partial charge in [-0.25, -0.2) is 0 Å². The van der Waals surface area contributed by atoms with Crippen LogP contribution in [0.4, 0.5) is 13.2 Å². The van der Waals surface area contributed by atoms with E-state index in [0.717, 1.165) is 5.56 Å². The van der Waals surface area contributed by atoms with Gasteiger partial charge in [-0.1, -0.05) is 30.3 Å². The lowest BCUT2D eigenvalue weighted by molar-refractivity contribution is -0.188. The molecule has 0 aromatic heterocycles. The summed E-state index contributed by atoms with van der Waals surface area (Å²) in [5.74, 6) is -2.31. The van der Waals surface area contributed by atoms with Gasteiger partial charge >= 0.3 is 6.18 Å². The normalized spacial score (nSPS) is 20.2. The predicted molar refractivity (Wildman–Crippen MR) is 80.8 cm³/mol. The molecule has 2 atom stereocenters. The van der Waals surface area contributed by atoms with Gasteiger partial charge in [-0.05, 0) is 18.4 Å². The number of rotatable bonds is 3. The molecular weight excluding hydrogens is 317 g/mol. The Balaban J connectivity index is 0.00000242. The lowest BCUT2D eigenvalue weighted by Gasteiger charge is -2.35. The molecule has 1 amide bonds. The van der Waals surface area contributed by atoms with Crippen molar-refractivity contribution in [1.82, 2.24) is 4.90 Å². The first-order valence-corrected chi connectivity index (χ1v) is 7.04. The van der Waals surface area contributed by atoms with Gasteiger partial charge in [0.15, 0.2) is 0 Å². The largest absolute Gasteiger partial charge is 0.393 e. The molecule has 0 aliphatic carbocycles. The number of hydrogen-bond acceptors (Lipinski definition) is 2. The van der Waals surface area contributed by atoms with E-state index in [4.69, 9.17) is 5.73 Å². The Morgan fingerprint density at radius 1 is 1.32 bits per heavy atom. The van der Waals surface area contributed by atoms with Crippen LogP contribution in [0, 0.1) is 5.92 Å². The Morgan fingerprint density at radius 2 is 1.95 bits per heavy atom. The summed E-state index contributed by atoms with van der Waals surface area (Å²) in [6.07, 6.45) is -3.78. The Morgan fingerprint density at radius 3 is 2.50 bits per heavy atom. The molecule has 0 bridgehead atoms. The average molecular weight is 337 g/mol. The fraction of sp³-hybridized carbons (Fsp3) is 0.533. The SMILES string of the molecule is Cl.NCC(C(=O)N1CCCC(C(F)(F)F)C1)c1ccccc1. The molecule has 2 rings (SSSR count). The first-order chi connectivity index (χ1) is 9.93. The molecule has 22 heavy (non-hydrogen) atoms. The number of amides is 1. The van der Waals surface area contributed by atoms with Crippen LogP contribution in [0.3, 0.4) is 0 Å². The van der Waals surface area contributed by atoms with E-state index in [1.54, 1.807) is 24.3 Å². The summed E-state index contributed by atoms with van der Waals surface area (Å²) in [5, 5.41) is 0. The number of piperidine rings is 1. The zero-order valence-corrected chi connectivity index (χ0v) is 12.9. The molecule has 1 aromatic rings. The summed E-state index contributed by atoms with van der Waals surface area (Å²) in [5.41, 5.74) is 6.41. The molecule has 7 heteroatoms. The van der Waals surface area contributed by atoms with Gasteiger partial charge in [-0.2, -0.15) is 13.2 Å². The van der Waals surface area contributed by atoms with Gasteiger partial charge in [-0.3, -0.25) is 4.79 Å². The van der Waals surface area contributed by atoms with Crippen molar-refractivity contribution in [2.45, 2.75) is 24.9 Å². The number of hydrogen-bond donors (Lipinski definition) is 1. The minimum Gasteiger partial charge on any atom is -0.342 e. The second kappa shape index (κ2) is 7.83. The Kier molecular flexibility index (Phi) is 6.68. The van der Waals surface area contributed by atoms with Gasteiger partial charge in [0.05, 0.1) is 11.8 Å². The zero-order chi connectivity index (χ0) is 15.5. The number of nitrogens with zero attached hydrogens (tertiary/aromatic N) is 1. The third-order valence-corrected chi connectivity index (χ3v) is 3.93. The van der Waals surface area contributed by atoms with Gasteiger partial charge in [-0.15, -0.1) is 12.4 Å². The van der Waals surface area contributed by atoms with Gasteiger partial charge in [0.25, 0.3) is 0 Å². The average Bonchev–Trinajstić information content (AvgIpc) is 2.48. The van der Waals surface area contributed by atoms with E-state index in [0.29, 0.717) is 13.0 Å². The van der Waals surface area contributed by atoms with Crippen LogP contribution in [0.2, 0.25) is 0 Å². The summed E-state index contributed by atoms with van der Waals surface area (Å²) in [4.78, 5) is 13.8. The van der Waals surface area contributed by atoms with Crippen molar-refractivity contribution >= 4 is 18.3 Å². The Labute approximate surface area is 134 Å². The van der Waals surface area contributed by atoms with Gasteiger partial charge in [0.1, 0.15) is 0 Å². The van der Waals surface area contributed by atoms with Crippen molar-refractivity contribution in [3.63, 3.8) is 0 Å². The Bertz CT molecular complexity index is 481. The highest BCUT2D eigenvalue weighted by Gasteiger charge is 2.43. The smallest absolute Gasteiger partial charge is 0.342 e. The molecule has 124 valence electrons. The lowest BCUT2D eigenvalue weighted by Crippen LogP contribution is -2.47. The zero-order valence-electron chi connectivity index (χ0n) is 12.1. The predicted octanol–water partition coefficient (Wildman–Crippen LogP) is 2.95. The van der Waals surface area contributed by atoms with Crippen LogP contribution in [0.25, 0.3) is 0 Å². The van der Waals surface area contributed by atoms with Gasteiger partial charge in [0.2, 0.25) is 5.91 Å². The highest BCUT2D eigenvalue weighted by Crippen LogP contribution is 2.34. The summed E-state index contributed by atoms with van der Waals surface area (Å²) in [7, 11) is 0. The van der Waals surface area contributed by atoms with Gasteiger partial charge < -0.3 is 10.6 Å². The lowest BCUT2D eigenvalue weighted by atomic mass is 9.93. The monoisotopic (exact) mass is 336 g/mol. The van der Waals surface area contributed by atoms with Crippen molar-refractivity contribution in [3.8, 4) is 0 Å². The third kappa shape index (κ3) is 4.36. The van der Waals surface area contributed by atoms with Crippen LogP contribution in [0.1, 0.15) is 24.3 Å². The minimum absolute atomic E-state index is 0. The topological polar surface area (TPSA) is 46.3 Å². The number of nitrogens with two attached hydrogens (primary N) is 1. The highest BCUT2D eigenvalue weighted by atomic mass is 35.5. The van der Waals surface area contributed by atoms with Crippen LogP contribution in [-0.2, 0) is 4.79 Å². The van der Waals surface area contributed by atoms with Crippen LogP contribution in [0.5, 0.6) is 0 Å². The second-order valence-corrected chi connectivity index (χ2v) is 5.36. The molecule has 2 N–H and O–H groups in total. The number of alkyl halides is 3. The van der Waals surface area contributed by atoms with Crippen LogP contribution < -0.4 is 5.73 Å². The Hall–Kier alpha value is -1.27. The molecule has 0 spiro atoms. The minimum atomic E-state index is -4.25. The number of benzene rings is 1. The summed E-state index contributed by atoms with van der Waals surface area (Å²) in [6.45, 7) is 0.205. The fourth-order valence-corrected chi connectivity index (χ4v) is 2.73. The summed E-state index contributed by atoms with van der Waals surface area (Å²) >= 11 is 0. The summed E-state index contributed by atoms with van der Waals surface area (Å²) in [6, 6.07) is 8.96. The number of likely N-dealkylation sites (tertiary alicyclic amines) is 1. The second-order valence-electron chi connectivity index (χ2n) is 5.36. The quantitative estimate of drug-likeness (QED) is 0.922. The summed E-state index contributed by atoms with van der Waals surface area (Å²) < 4.78 is 38.5. The van der Waals surface area contributed by atoms with E-state index >= 15 is 0 Å². The molecule has 1 aliphatic rings. The van der Waals surface area contributed by atoms with Gasteiger partial charge in [0, 0.05) is 19.6 Å². The van der Waals surface area contributed by atoms with E-state index in [1.807, 2.05) is 6.07 Å². The van der Waals surface area contributed by atoms with Crippen molar-refractivity contribution < 1.29 is 18.0 Å². The molecule has 1 fully saturated rings. The molecule has 0 radical (unpaired) electrons. The van der Waals surface area contributed by atoms with Crippen LogP contribution >= 0.6 is 12.4 Å². The highest BCUT2D eigenvalue weighted by molar-refractivity contribution is 5.85. The van der Waals surface area contributed by atoms with E-state index in [-0.39, 0.29) is 37.8 Å². The standard InChI is InChI=1S/C15H19F3N2O.ClH/c16-15(17,18)12-7-4-8-20(10-12)14(21)13(9-19)11-5-2-1-3-6-11;/h1-3,5-6,12-13H,4,7-10,19H2;1H. The third-order valence-electron chi connectivity index (χ3n) is 3.93. The number of carbonyl (C=O) groups excluding carboxylic acids is 1. The molecule has 1 aliphatic heterocycles. The van der Waals surface area contributed by atoms with Crippen LogP contribution in [-0.4, -0.2) is 36.6 Å².